The first-order valence-electron chi connectivity index (χ1n) is 7.91. The van der Waals surface area contributed by atoms with Crippen molar-refractivity contribution < 1.29 is 13.5 Å². The summed E-state index contributed by atoms with van der Waals surface area (Å²) in [5, 5.41) is 3.23. The Morgan fingerprint density at radius 3 is 2.48 bits per heavy atom. The molecule has 0 radical (unpaired) electrons. The van der Waals surface area contributed by atoms with Crippen LogP contribution in [0.25, 0.3) is 0 Å². The van der Waals surface area contributed by atoms with Crippen LogP contribution in [0.5, 0.6) is 0 Å². The zero-order valence-electron chi connectivity index (χ0n) is 12.9. The lowest BCUT2D eigenvalue weighted by Gasteiger charge is -2.35. The average molecular weight is 297 g/mol. The first kappa shape index (κ1) is 16.4. The quantitative estimate of drug-likeness (QED) is 0.849. The Kier molecular flexibility index (Phi) is 6.12. The van der Waals surface area contributed by atoms with E-state index in [1.165, 1.54) is 31.4 Å². The summed E-state index contributed by atoms with van der Waals surface area (Å²) in [6.07, 6.45) is 6.03. The van der Waals surface area contributed by atoms with Gasteiger partial charge in [0.25, 0.3) is 0 Å². The van der Waals surface area contributed by atoms with Crippen LogP contribution in [0.3, 0.4) is 0 Å². The number of ether oxygens (including phenoxy) is 1. The molecular formula is C17H25F2NO. The Labute approximate surface area is 125 Å². The molecule has 1 N–H and O–H groups in total. The van der Waals surface area contributed by atoms with Crippen LogP contribution in [0.2, 0.25) is 0 Å². The Hall–Kier alpha value is -1.00. The smallest absolute Gasteiger partial charge is 0.159 e. The van der Waals surface area contributed by atoms with Gasteiger partial charge in [-0.1, -0.05) is 25.3 Å². The molecule has 0 saturated heterocycles. The molecule has 0 bridgehead atoms. The standard InChI is InChI=1S/C17H25F2NO/c1-3-21-17(12-7-5-4-6-8-12)16(20-2)13-9-10-14(18)15(19)11-13/h9-12,16-17,20H,3-8H2,1-2H3. The van der Waals surface area contributed by atoms with Crippen LogP contribution in [0.15, 0.2) is 18.2 Å². The van der Waals surface area contributed by atoms with Crippen LogP contribution in [-0.4, -0.2) is 19.8 Å². The SMILES string of the molecule is CCOC(C1CCCCC1)C(NC)c1ccc(F)c(F)c1. The second-order valence-corrected chi connectivity index (χ2v) is 5.76. The van der Waals surface area contributed by atoms with Crippen LogP contribution in [-0.2, 0) is 4.74 Å². The molecule has 0 aromatic heterocycles. The van der Waals surface area contributed by atoms with Gasteiger partial charge >= 0.3 is 0 Å². The van der Waals surface area contributed by atoms with Gasteiger partial charge < -0.3 is 10.1 Å². The van der Waals surface area contributed by atoms with E-state index in [0.717, 1.165) is 18.4 Å². The van der Waals surface area contributed by atoms with E-state index in [4.69, 9.17) is 4.74 Å². The van der Waals surface area contributed by atoms with Crippen molar-refractivity contribution in [2.45, 2.75) is 51.2 Å². The van der Waals surface area contributed by atoms with Crippen molar-refractivity contribution in [2.24, 2.45) is 5.92 Å². The predicted octanol–water partition coefficient (Wildman–Crippen LogP) is 4.21. The molecule has 0 heterocycles. The normalized spacial score (nSPS) is 19.4. The third kappa shape index (κ3) is 4.01. The van der Waals surface area contributed by atoms with Gasteiger partial charge in [0.05, 0.1) is 12.1 Å². The maximum Gasteiger partial charge on any atom is 0.159 e. The fraction of sp³-hybridized carbons (Fsp3) is 0.647. The third-order valence-electron chi connectivity index (χ3n) is 4.42. The number of hydrogen-bond acceptors (Lipinski definition) is 2. The molecule has 2 nitrogen and oxygen atoms in total. The molecule has 1 aromatic rings. The highest BCUT2D eigenvalue weighted by Gasteiger charge is 2.31. The Morgan fingerprint density at radius 2 is 1.90 bits per heavy atom. The molecule has 1 aliphatic carbocycles. The maximum atomic E-state index is 13.5. The Morgan fingerprint density at radius 1 is 1.19 bits per heavy atom. The van der Waals surface area contributed by atoms with Crippen molar-refractivity contribution in [3.05, 3.63) is 35.4 Å². The van der Waals surface area contributed by atoms with Gasteiger partial charge in [0, 0.05) is 6.61 Å². The summed E-state index contributed by atoms with van der Waals surface area (Å²) in [4.78, 5) is 0. The summed E-state index contributed by atoms with van der Waals surface area (Å²) in [6.45, 7) is 2.61. The molecule has 2 unspecified atom stereocenters. The fourth-order valence-electron chi connectivity index (χ4n) is 3.39. The summed E-state index contributed by atoms with van der Waals surface area (Å²) < 4.78 is 32.6. The molecule has 1 aliphatic rings. The summed E-state index contributed by atoms with van der Waals surface area (Å²) >= 11 is 0. The van der Waals surface area contributed by atoms with E-state index in [1.807, 2.05) is 14.0 Å². The van der Waals surface area contributed by atoms with Crippen molar-refractivity contribution >= 4 is 0 Å². The first-order chi connectivity index (χ1) is 10.2. The van der Waals surface area contributed by atoms with E-state index in [1.54, 1.807) is 6.07 Å². The van der Waals surface area contributed by atoms with Crippen LogP contribution in [0.4, 0.5) is 8.78 Å². The summed E-state index contributed by atoms with van der Waals surface area (Å²) in [5.74, 6) is -1.13. The number of nitrogens with one attached hydrogen (secondary N) is 1. The summed E-state index contributed by atoms with van der Waals surface area (Å²) in [5.41, 5.74) is 0.750. The molecule has 0 spiro atoms. The van der Waals surface area contributed by atoms with Crippen LogP contribution in [0.1, 0.15) is 50.6 Å². The molecule has 2 atom stereocenters. The molecule has 0 aliphatic heterocycles. The molecule has 118 valence electrons. The van der Waals surface area contributed by atoms with Gasteiger partial charge in [-0.25, -0.2) is 8.78 Å². The monoisotopic (exact) mass is 297 g/mol. The topological polar surface area (TPSA) is 21.3 Å². The molecule has 1 fully saturated rings. The molecular weight excluding hydrogens is 272 g/mol. The molecule has 1 aromatic carbocycles. The first-order valence-corrected chi connectivity index (χ1v) is 7.91. The van der Waals surface area contributed by atoms with Crippen molar-refractivity contribution in [1.29, 1.82) is 0 Å². The van der Waals surface area contributed by atoms with E-state index >= 15 is 0 Å². The van der Waals surface area contributed by atoms with Gasteiger partial charge in [0.2, 0.25) is 0 Å². The van der Waals surface area contributed by atoms with Crippen LogP contribution < -0.4 is 5.32 Å². The van der Waals surface area contributed by atoms with Crippen molar-refractivity contribution in [3.63, 3.8) is 0 Å². The zero-order valence-corrected chi connectivity index (χ0v) is 12.9. The molecule has 0 amide bonds. The fourth-order valence-corrected chi connectivity index (χ4v) is 3.39. The molecule has 2 rings (SSSR count). The highest BCUT2D eigenvalue weighted by molar-refractivity contribution is 5.22. The zero-order chi connectivity index (χ0) is 15.2. The van der Waals surface area contributed by atoms with E-state index in [2.05, 4.69) is 5.32 Å². The number of likely N-dealkylation sites (N-methyl/N-ethyl adjacent to an activating group) is 1. The number of rotatable bonds is 6. The van der Waals surface area contributed by atoms with Gasteiger partial charge in [-0.05, 0) is 50.4 Å². The van der Waals surface area contributed by atoms with Crippen molar-refractivity contribution in [1.82, 2.24) is 5.32 Å². The van der Waals surface area contributed by atoms with Gasteiger partial charge in [-0.3, -0.25) is 0 Å². The van der Waals surface area contributed by atoms with Crippen LogP contribution in [0, 0.1) is 17.6 Å². The van der Waals surface area contributed by atoms with E-state index in [-0.39, 0.29) is 12.1 Å². The van der Waals surface area contributed by atoms with Gasteiger partial charge in [0.15, 0.2) is 11.6 Å². The minimum atomic E-state index is -0.806. The Bertz CT molecular complexity index is 446. The van der Waals surface area contributed by atoms with Gasteiger partial charge in [-0.2, -0.15) is 0 Å². The summed E-state index contributed by atoms with van der Waals surface area (Å²) in [6, 6.07) is 4.02. The molecule has 21 heavy (non-hydrogen) atoms. The van der Waals surface area contributed by atoms with Crippen molar-refractivity contribution in [3.8, 4) is 0 Å². The lowest BCUT2D eigenvalue weighted by Crippen LogP contribution is -2.38. The minimum Gasteiger partial charge on any atom is -0.376 e. The molecule has 1 saturated carbocycles. The average Bonchev–Trinajstić information content (AvgIpc) is 2.51. The second-order valence-electron chi connectivity index (χ2n) is 5.76. The third-order valence-corrected chi connectivity index (χ3v) is 4.42. The van der Waals surface area contributed by atoms with Crippen molar-refractivity contribution in [2.75, 3.05) is 13.7 Å². The second kappa shape index (κ2) is 7.85. The van der Waals surface area contributed by atoms with Crippen LogP contribution >= 0.6 is 0 Å². The van der Waals surface area contributed by atoms with Gasteiger partial charge in [-0.15, -0.1) is 0 Å². The van der Waals surface area contributed by atoms with E-state index in [0.29, 0.717) is 12.5 Å². The predicted molar refractivity (Wildman–Crippen MR) is 80.1 cm³/mol. The van der Waals surface area contributed by atoms with E-state index < -0.39 is 11.6 Å². The highest BCUT2D eigenvalue weighted by Crippen LogP contribution is 2.34. The number of hydrogen-bond donors (Lipinski definition) is 1. The number of halogens is 2. The van der Waals surface area contributed by atoms with Gasteiger partial charge in [0.1, 0.15) is 0 Å². The van der Waals surface area contributed by atoms with E-state index in [9.17, 15) is 8.78 Å². The number of benzene rings is 1. The lowest BCUT2D eigenvalue weighted by molar-refractivity contribution is -0.0168. The summed E-state index contributed by atoms with van der Waals surface area (Å²) in [7, 11) is 1.85. The lowest BCUT2D eigenvalue weighted by atomic mass is 9.81. The minimum absolute atomic E-state index is 0.00478. The highest BCUT2D eigenvalue weighted by atomic mass is 19.2. The Balaban J connectivity index is 2.23. The largest absolute Gasteiger partial charge is 0.376 e. The molecule has 4 heteroatoms. The maximum absolute atomic E-state index is 13.5.